The lowest BCUT2D eigenvalue weighted by Gasteiger charge is -2.48. The summed E-state index contributed by atoms with van der Waals surface area (Å²) in [7, 11) is 0. The summed E-state index contributed by atoms with van der Waals surface area (Å²) in [6, 6.07) is 0.845. The molecule has 1 saturated heterocycles. The van der Waals surface area contributed by atoms with Crippen molar-refractivity contribution in [2.45, 2.75) is 40.2 Å². The molecule has 1 atom stereocenters. The van der Waals surface area contributed by atoms with Crippen LogP contribution in [0.25, 0.3) is 0 Å². The molecule has 0 amide bonds. The van der Waals surface area contributed by atoms with Crippen molar-refractivity contribution >= 4 is 0 Å². The van der Waals surface area contributed by atoms with Gasteiger partial charge in [0.15, 0.2) is 0 Å². The maximum Gasteiger partial charge on any atom is 0.0156 e. The van der Waals surface area contributed by atoms with Crippen LogP contribution in [0, 0.1) is 5.41 Å². The zero-order valence-electron chi connectivity index (χ0n) is 7.65. The van der Waals surface area contributed by atoms with E-state index < -0.39 is 0 Å². The van der Waals surface area contributed by atoms with Gasteiger partial charge in [0.25, 0.3) is 0 Å². The maximum absolute atomic E-state index is 2.56. The van der Waals surface area contributed by atoms with Gasteiger partial charge in [0.2, 0.25) is 0 Å². The highest BCUT2D eigenvalue weighted by molar-refractivity contribution is 4.90. The molecule has 0 spiro atoms. The molecule has 1 nitrogen and oxygen atoms in total. The van der Waals surface area contributed by atoms with Gasteiger partial charge in [0.05, 0.1) is 0 Å². The van der Waals surface area contributed by atoms with Crippen molar-refractivity contribution in [3.63, 3.8) is 0 Å². The standard InChI is InChI=1S/C9H19N/c1-5-10-7-6-8(10)9(2,3)4/h8H,5-7H2,1-4H3. The summed E-state index contributed by atoms with van der Waals surface area (Å²) >= 11 is 0. The second-order valence-electron chi connectivity index (χ2n) is 4.30. The summed E-state index contributed by atoms with van der Waals surface area (Å²) in [5.74, 6) is 0. The lowest BCUT2D eigenvalue weighted by Crippen LogP contribution is -2.54. The Morgan fingerprint density at radius 2 is 2.00 bits per heavy atom. The third-order valence-corrected chi connectivity index (χ3v) is 2.54. The molecule has 1 unspecified atom stereocenters. The molecule has 1 fully saturated rings. The first kappa shape index (κ1) is 8.06. The van der Waals surface area contributed by atoms with Gasteiger partial charge in [-0.15, -0.1) is 0 Å². The molecule has 60 valence electrons. The van der Waals surface area contributed by atoms with Gasteiger partial charge in [0.1, 0.15) is 0 Å². The Morgan fingerprint density at radius 3 is 2.10 bits per heavy atom. The second kappa shape index (κ2) is 2.54. The van der Waals surface area contributed by atoms with Crippen LogP contribution in [0.5, 0.6) is 0 Å². The monoisotopic (exact) mass is 141 g/mol. The van der Waals surface area contributed by atoms with Crippen LogP contribution in [0.4, 0.5) is 0 Å². The highest BCUT2D eigenvalue weighted by atomic mass is 15.2. The lowest BCUT2D eigenvalue weighted by atomic mass is 9.79. The Kier molecular flexibility index (Phi) is 2.04. The van der Waals surface area contributed by atoms with Crippen LogP contribution < -0.4 is 0 Å². The summed E-state index contributed by atoms with van der Waals surface area (Å²) in [5, 5.41) is 0. The fourth-order valence-corrected chi connectivity index (χ4v) is 1.80. The topological polar surface area (TPSA) is 3.24 Å². The minimum atomic E-state index is 0.494. The van der Waals surface area contributed by atoms with Crippen LogP contribution >= 0.6 is 0 Å². The predicted octanol–water partition coefficient (Wildman–Crippen LogP) is 2.13. The van der Waals surface area contributed by atoms with Crippen molar-refractivity contribution < 1.29 is 0 Å². The third-order valence-electron chi connectivity index (χ3n) is 2.54. The van der Waals surface area contributed by atoms with Crippen molar-refractivity contribution in [3.8, 4) is 0 Å². The fourth-order valence-electron chi connectivity index (χ4n) is 1.80. The van der Waals surface area contributed by atoms with Crippen LogP contribution in [-0.4, -0.2) is 24.0 Å². The average molecular weight is 141 g/mol. The van der Waals surface area contributed by atoms with E-state index in [0.29, 0.717) is 5.41 Å². The summed E-state index contributed by atoms with van der Waals surface area (Å²) in [4.78, 5) is 2.56. The molecule has 1 aliphatic heterocycles. The van der Waals surface area contributed by atoms with E-state index in [1.807, 2.05) is 0 Å². The Bertz CT molecular complexity index is 110. The predicted molar refractivity (Wildman–Crippen MR) is 45.1 cm³/mol. The number of hydrogen-bond donors (Lipinski definition) is 0. The van der Waals surface area contributed by atoms with Crippen LogP contribution in [0.3, 0.4) is 0 Å². The highest BCUT2D eigenvalue weighted by Crippen LogP contribution is 2.32. The molecule has 1 heteroatoms. The number of hydrogen-bond acceptors (Lipinski definition) is 1. The summed E-state index contributed by atoms with van der Waals surface area (Å²) in [5.41, 5.74) is 0.494. The van der Waals surface area contributed by atoms with E-state index in [1.165, 1.54) is 19.5 Å². The second-order valence-corrected chi connectivity index (χ2v) is 4.30. The van der Waals surface area contributed by atoms with E-state index in [-0.39, 0.29) is 0 Å². The van der Waals surface area contributed by atoms with Crippen LogP contribution in [-0.2, 0) is 0 Å². The SMILES string of the molecule is CCN1CCC1C(C)(C)C. The molecule has 0 aromatic rings. The van der Waals surface area contributed by atoms with E-state index in [0.717, 1.165) is 6.04 Å². The number of nitrogens with zero attached hydrogens (tertiary/aromatic N) is 1. The third kappa shape index (κ3) is 1.34. The van der Waals surface area contributed by atoms with Crippen molar-refractivity contribution in [3.05, 3.63) is 0 Å². The molecule has 0 bridgehead atoms. The minimum Gasteiger partial charge on any atom is -0.300 e. The lowest BCUT2D eigenvalue weighted by molar-refractivity contribution is 0.0165. The molecular formula is C9H19N. The van der Waals surface area contributed by atoms with Crippen LogP contribution in [0.15, 0.2) is 0 Å². The van der Waals surface area contributed by atoms with Crippen molar-refractivity contribution in [2.24, 2.45) is 5.41 Å². The van der Waals surface area contributed by atoms with Crippen LogP contribution in [0.2, 0.25) is 0 Å². The quantitative estimate of drug-likeness (QED) is 0.540. The molecular weight excluding hydrogens is 122 g/mol. The molecule has 0 aliphatic carbocycles. The minimum absolute atomic E-state index is 0.494. The first-order valence-corrected chi connectivity index (χ1v) is 4.29. The van der Waals surface area contributed by atoms with E-state index in [4.69, 9.17) is 0 Å². The molecule has 1 rings (SSSR count). The molecule has 0 aromatic heterocycles. The van der Waals surface area contributed by atoms with Gasteiger partial charge in [-0.05, 0) is 24.9 Å². The van der Waals surface area contributed by atoms with Gasteiger partial charge in [-0.25, -0.2) is 0 Å². The zero-order chi connectivity index (χ0) is 7.78. The fraction of sp³-hybridized carbons (Fsp3) is 1.00. The Hall–Kier alpha value is -0.0400. The highest BCUT2D eigenvalue weighted by Gasteiger charge is 2.35. The molecule has 10 heavy (non-hydrogen) atoms. The Labute approximate surface area is 64.4 Å². The molecule has 1 aliphatic rings. The smallest absolute Gasteiger partial charge is 0.0156 e. The van der Waals surface area contributed by atoms with Crippen molar-refractivity contribution in [1.29, 1.82) is 0 Å². The Morgan fingerprint density at radius 1 is 1.40 bits per heavy atom. The normalized spacial score (nSPS) is 28.2. The average Bonchev–Trinajstić information content (AvgIpc) is 1.57. The first-order valence-electron chi connectivity index (χ1n) is 4.29. The zero-order valence-corrected chi connectivity index (χ0v) is 7.65. The van der Waals surface area contributed by atoms with E-state index in [1.54, 1.807) is 0 Å². The van der Waals surface area contributed by atoms with Gasteiger partial charge >= 0.3 is 0 Å². The Balaban J connectivity index is 2.43. The maximum atomic E-state index is 2.56. The molecule has 0 aromatic carbocycles. The molecule has 0 N–H and O–H groups in total. The van der Waals surface area contributed by atoms with Gasteiger partial charge in [-0.1, -0.05) is 27.7 Å². The van der Waals surface area contributed by atoms with Crippen LogP contribution in [0.1, 0.15) is 34.1 Å². The number of likely N-dealkylation sites (tertiary alicyclic amines) is 1. The largest absolute Gasteiger partial charge is 0.300 e. The van der Waals surface area contributed by atoms with E-state index in [9.17, 15) is 0 Å². The van der Waals surface area contributed by atoms with Gasteiger partial charge in [-0.3, -0.25) is 0 Å². The van der Waals surface area contributed by atoms with Crippen molar-refractivity contribution in [2.75, 3.05) is 13.1 Å². The summed E-state index contributed by atoms with van der Waals surface area (Å²) in [6.07, 6.45) is 1.40. The van der Waals surface area contributed by atoms with E-state index in [2.05, 4.69) is 32.6 Å². The molecule has 1 heterocycles. The van der Waals surface area contributed by atoms with Gasteiger partial charge in [-0.2, -0.15) is 0 Å². The summed E-state index contributed by atoms with van der Waals surface area (Å²) < 4.78 is 0. The molecule has 0 radical (unpaired) electrons. The number of rotatable bonds is 1. The molecule has 0 saturated carbocycles. The van der Waals surface area contributed by atoms with Crippen molar-refractivity contribution in [1.82, 2.24) is 4.90 Å². The first-order chi connectivity index (χ1) is 4.55. The van der Waals surface area contributed by atoms with Gasteiger partial charge < -0.3 is 4.90 Å². The summed E-state index contributed by atoms with van der Waals surface area (Å²) in [6.45, 7) is 11.8. The van der Waals surface area contributed by atoms with Gasteiger partial charge in [0, 0.05) is 6.04 Å². The van der Waals surface area contributed by atoms with E-state index >= 15 is 0 Å².